The number of carbonyl (C=O) groups excluding carboxylic acids is 3. The molecule has 1 spiro atoms. The number of esters is 3. The number of aliphatic hydroxyl groups is 2. The van der Waals surface area contributed by atoms with Crippen LogP contribution in [0, 0.1) is 18.3 Å². The highest BCUT2D eigenvalue weighted by molar-refractivity contribution is 5.95. The lowest BCUT2D eigenvalue weighted by atomic mass is 9.47. The Balaban J connectivity index is 1.37. The molecule has 2 saturated heterocycles. The number of aryl methyl sites for hydroxylation is 1. The van der Waals surface area contributed by atoms with E-state index < -0.39 is 57.5 Å². The van der Waals surface area contributed by atoms with Crippen LogP contribution in [0.3, 0.4) is 0 Å². The number of rotatable bonds is 7. The highest BCUT2D eigenvalue weighted by Crippen LogP contribution is 2.68. The zero-order valence-electron chi connectivity index (χ0n) is 36.2. The molecule has 3 aromatic rings. The van der Waals surface area contributed by atoms with Gasteiger partial charge in [0.05, 0.1) is 33.0 Å². The standard InChI is InChI=1S/C47H60N4O9/c1-9-43(55)23-29-24-46(41(53)58-7,37-30(14-18-50(25-29)26-43)31-20-27(3)12-13-34(31)48-37)33-21-32-35(22-36(33)57-6)49(5)39-45(32)16-19-51-17-11-15-44(10-2,38(45)51)40(60-28(4)52)47(39,56)42(54)59-8/h11-13,15,20-22,29,38-40,48,55-56H,9-10,14,16-19,23-26H2,1-8H3/t29-,38-,39?,40+,43-,44+,45+,46-,47?/m0/s1. The van der Waals surface area contributed by atoms with Gasteiger partial charge in [0.2, 0.25) is 5.60 Å². The fourth-order valence-corrected chi connectivity index (χ4v) is 13.7. The first-order valence-corrected chi connectivity index (χ1v) is 21.6. The molecule has 1 aromatic heterocycles. The summed E-state index contributed by atoms with van der Waals surface area (Å²) in [7, 11) is 6.16. The first kappa shape index (κ1) is 40.9. The van der Waals surface area contributed by atoms with E-state index in [9.17, 15) is 19.8 Å². The minimum absolute atomic E-state index is 0.102. The number of aromatic nitrogens is 1. The third-order valence-electron chi connectivity index (χ3n) is 15.8. The fourth-order valence-electron chi connectivity index (χ4n) is 13.7. The summed E-state index contributed by atoms with van der Waals surface area (Å²) in [5.41, 5.74) is -0.518. The van der Waals surface area contributed by atoms with Crippen molar-refractivity contribution in [3.05, 3.63) is 70.4 Å². The molecule has 322 valence electrons. The Morgan fingerprint density at radius 3 is 2.40 bits per heavy atom. The molecule has 6 heterocycles. The summed E-state index contributed by atoms with van der Waals surface area (Å²) in [4.78, 5) is 53.3. The van der Waals surface area contributed by atoms with Gasteiger partial charge >= 0.3 is 17.9 Å². The molecule has 2 aromatic carbocycles. The molecule has 3 fully saturated rings. The lowest BCUT2D eigenvalue weighted by molar-refractivity contribution is -0.228. The second-order valence-electron chi connectivity index (χ2n) is 18.7. The minimum atomic E-state index is -2.30. The largest absolute Gasteiger partial charge is 0.496 e. The van der Waals surface area contributed by atoms with E-state index in [1.54, 1.807) is 7.11 Å². The Morgan fingerprint density at radius 1 is 0.950 bits per heavy atom. The Bertz CT molecular complexity index is 2310. The average molecular weight is 825 g/mol. The van der Waals surface area contributed by atoms with E-state index in [0.717, 1.165) is 39.0 Å². The monoisotopic (exact) mass is 824 g/mol. The zero-order chi connectivity index (χ0) is 42.7. The van der Waals surface area contributed by atoms with Gasteiger partial charge in [-0.15, -0.1) is 0 Å². The molecule has 6 aliphatic rings. The number of H-pyrrole nitrogens is 1. The number of nitrogens with one attached hydrogen (secondary N) is 1. The molecule has 0 radical (unpaired) electrons. The summed E-state index contributed by atoms with van der Waals surface area (Å²) in [6, 6.07) is 9.15. The Hall–Kier alpha value is -4.43. The van der Waals surface area contributed by atoms with E-state index in [4.69, 9.17) is 18.9 Å². The molecule has 60 heavy (non-hydrogen) atoms. The highest BCUT2D eigenvalue weighted by Gasteiger charge is 2.80. The van der Waals surface area contributed by atoms with Gasteiger partial charge in [0, 0.05) is 90.9 Å². The summed E-state index contributed by atoms with van der Waals surface area (Å²) in [5, 5.41) is 26.4. The van der Waals surface area contributed by atoms with Crippen molar-refractivity contribution in [3.8, 4) is 5.75 Å². The SMILES string of the molecule is CC[C@]1(O)C[C@@H]2CN(CCc3c([nH]c4ccc(C)cc34)[C@@](C(=O)OC)(c3cc4c(cc3OC)N(C)C3C(O)(C(=O)OC)[C@H](OC(C)=O)[C@]5(CC)C=CCN6CC[C@]43[C@@H]65)C2)C1. The van der Waals surface area contributed by atoms with Gasteiger partial charge in [-0.25, -0.2) is 4.79 Å². The van der Waals surface area contributed by atoms with Crippen molar-refractivity contribution in [1.29, 1.82) is 0 Å². The van der Waals surface area contributed by atoms with Gasteiger partial charge in [-0.3, -0.25) is 19.4 Å². The molecule has 10 atom stereocenters. The number of benzene rings is 2. The molecule has 13 heteroatoms. The first-order chi connectivity index (χ1) is 28.6. The van der Waals surface area contributed by atoms with Crippen molar-refractivity contribution in [2.75, 3.05) is 66.0 Å². The van der Waals surface area contributed by atoms with Crippen molar-refractivity contribution >= 4 is 34.5 Å². The lowest BCUT2D eigenvalue weighted by Gasteiger charge is -2.63. The zero-order valence-corrected chi connectivity index (χ0v) is 36.2. The molecule has 0 amide bonds. The summed E-state index contributed by atoms with van der Waals surface area (Å²) in [6.45, 7) is 10.7. The Labute approximate surface area is 352 Å². The normalized spacial score (nSPS) is 36.6. The predicted molar refractivity (Wildman–Crippen MR) is 225 cm³/mol. The maximum Gasteiger partial charge on any atom is 0.344 e. The van der Waals surface area contributed by atoms with Crippen molar-refractivity contribution in [2.45, 2.75) is 106 Å². The summed E-state index contributed by atoms with van der Waals surface area (Å²) in [5.74, 6) is -1.56. The van der Waals surface area contributed by atoms with Gasteiger partial charge < -0.3 is 39.0 Å². The van der Waals surface area contributed by atoms with E-state index in [1.165, 1.54) is 21.1 Å². The van der Waals surface area contributed by atoms with E-state index in [1.807, 2.05) is 31.9 Å². The molecule has 2 bridgehead atoms. The van der Waals surface area contributed by atoms with Gasteiger partial charge in [0.15, 0.2) is 6.10 Å². The van der Waals surface area contributed by atoms with Crippen LogP contribution in [0.2, 0.25) is 0 Å². The smallest absolute Gasteiger partial charge is 0.344 e. The third-order valence-corrected chi connectivity index (χ3v) is 15.8. The van der Waals surface area contributed by atoms with E-state index in [2.05, 4.69) is 58.1 Å². The molecule has 1 saturated carbocycles. The van der Waals surface area contributed by atoms with Crippen molar-refractivity contribution in [1.82, 2.24) is 14.8 Å². The number of hydrogen-bond donors (Lipinski definition) is 3. The van der Waals surface area contributed by atoms with Crippen LogP contribution >= 0.6 is 0 Å². The number of aromatic amines is 1. The van der Waals surface area contributed by atoms with Gasteiger partial charge in [-0.1, -0.05) is 37.6 Å². The molecule has 13 nitrogen and oxygen atoms in total. The second kappa shape index (κ2) is 14.1. The topological polar surface area (TPSA) is 154 Å². The van der Waals surface area contributed by atoms with Gasteiger partial charge in [0.1, 0.15) is 11.2 Å². The first-order valence-electron chi connectivity index (χ1n) is 21.6. The van der Waals surface area contributed by atoms with Crippen LogP contribution in [0.25, 0.3) is 10.9 Å². The van der Waals surface area contributed by atoms with Crippen LogP contribution < -0.4 is 9.64 Å². The summed E-state index contributed by atoms with van der Waals surface area (Å²) < 4.78 is 24.0. The van der Waals surface area contributed by atoms with Crippen LogP contribution in [-0.2, 0) is 45.8 Å². The van der Waals surface area contributed by atoms with Gasteiger partial charge in [-0.05, 0) is 87.2 Å². The summed E-state index contributed by atoms with van der Waals surface area (Å²) in [6.07, 6.45) is 5.94. The van der Waals surface area contributed by atoms with E-state index in [-0.39, 0.29) is 12.0 Å². The number of methoxy groups -OCH3 is 3. The van der Waals surface area contributed by atoms with E-state index in [0.29, 0.717) is 82.6 Å². The molecular formula is C47H60N4O9. The van der Waals surface area contributed by atoms with Gasteiger partial charge in [0.25, 0.3) is 0 Å². The quantitative estimate of drug-likeness (QED) is 0.177. The third kappa shape index (κ3) is 5.27. The highest BCUT2D eigenvalue weighted by atomic mass is 16.6. The molecule has 1 aliphatic carbocycles. The van der Waals surface area contributed by atoms with Crippen LogP contribution in [0.4, 0.5) is 5.69 Å². The number of carbonyl (C=O) groups is 3. The van der Waals surface area contributed by atoms with Crippen molar-refractivity contribution in [3.63, 3.8) is 0 Å². The lowest BCUT2D eigenvalue weighted by Crippen LogP contribution is -2.81. The average Bonchev–Trinajstić information content (AvgIpc) is 3.89. The Morgan fingerprint density at radius 2 is 1.72 bits per heavy atom. The molecule has 3 N–H and O–H groups in total. The van der Waals surface area contributed by atoms with Crippen molar-refractivity contribution < 1.29 is 43.5 Å². The van der Waals surface area contributed by atoms with Crippen LogP contribution in [0.5, 0.6) is 5.75 Å². The second-order valence-corrected chi connectivity index (χ2v) is 18.7. The molecule has 9 rings (SSSR count). The molecule has 5 aliphatic heterocycles. The van der Waals surface area contributed by atoms with Gasteiger partial charge in [-0.2, -0.15) is 0 Å². The van der Waals surface area contributed by atoms with E-state index >= 15 is 4.79 Å². The number of anilines is 1. The Kier molecular flexibility index (Phi) is 9.59. The number of ether oxygens (including phenoxy) is 4. The van der Waals surface area contributed by atoms with Crippen LogP contribution in [0.15, 0.2) is 42.5 Å². The number of likely N-dealkylation sites (N-methyl/N-ethyl adjacent to an activating group) is 1. The molecule has 3 unspecified atom stereocenters. The fraction of sp³-hybridized carbons (Fsp3) is 0.596. The minimum Gasteiger partial charge on any atom is -0.496 e. The maximum absolute atomic E-state index is 15.4. The van der Waals surface area contributed by atoms with Crippen LogP contribution in [-0.4, -0.2) is 133 Å². The van der Waals surface area contributed by atoms with Crippen molar-refractivity contribution in [2.24, 2.45) is 11.3 Å². The maximum atomic E-state index is 15.4. The molecular weight excluding hydrogens is 765 g/mol. The summed E-state index contributed by atoms with van der Waals surface area (Å²) >= 11 is 0. The predicted octanol–water partition coefficient (Wildman–Crippen LogP) is 4.30. The number of hydrogen-bond acceptors (Lipinski definition) is 12. The van der Waals surface area contributed by atoms with Crippen LogP contribution in [0.1, 0.15) is 80.8 Å². The number of fused-ring (bicyclic) bond motifs is 6. The number of nitrogens with zero attached hydrogens (tertiary/aromatic N) is 3. The number of piperidine rings is 1.